The molecule has 12 heavy (non-hydrogen) atoms. The first-order valence-corrected chi connectivity index (χ1v) is 3.69. The van der Waals surface area contributed by atoms with Crippen molar-refractivity contribution in [3.8, 4) is 0 Å². The maximum absolute atomic E-state index is 10.8. The van der Waals surface area contributed by atoms with Crippen LogP contribution in [0.1, 0.15) is 24.6 Å². The summed E-state index contributed by atoms with van der Waals surface area (Å²) < 4.78 is 4.72. The van der Waals surface area contributed by atoms with Crippen LogP contribution in [0.4, 0.5) is 0 Å². The second-order valence-electron chi connectivity index (χ2n) is 3.02. The molecule has 1 N–H and O–H groups in total. The normalized spacial score (nSPS) is 19.1. The van der Waals surface area contributed by atoms with Gasteiger partial charge in [0.25, 0.3) is 0 Å². The maximum atomic E-state index is 10.8. The first-order chi connectivity index (χ1) is 5.65. The molecular weight excluding hydrogens is 160 g/mol. The smallest absolute Gasteiger partial charge is 0.317 e. The molecule has 1 fully saturated rings. The number of hydrogen-bond donors (Lipinski definition) is 1. The second kappa shape index (κ2) is 2.06. The Labute approximate surface area is 68.4 Å². The van der Waals surface area contributed by atoms with Crippen LogP contribution < -0.4 is 0 Å². The SMILES string of the molecule is Cc1nc(C2(C(=O)O)CC2)no1. The van der Waals surface area contributed by atoms with Crippen LogP contribution in [0, 0.1) is 6.92 Å². The molecule has 0 unspecified atom stereocenters. The van der Waals surface area contributed by atoms with Gasteiger partial charge in [-0.05, 0) is 12.8 Å². The molecule has 0 atom stereocenters. The van der Waals surface area contributed by atoms with E-state index in [4.69, 9.17) is 9.63 Å². The van der Waals surface area contributed by atoms with E-state index in [1.807, 2.05) is 0 Å². The number of hydrogen-bond acceptors (Lipinski definition) is 4. The third kappa shape index (κ3) is 0.823. The summed E-state index contributed by atoms with van der Waals surface area (Å²) in [6, 6.07) is 0. The highest BCUT2D eigenvalue weighted by atomic mass is 16.5. The van der Waals surface area contributed by atoms with Crippen molar-refractivity contribution in [2.24, 2.45) is 0 Å². The van der Waals surface area contributed by atoms with Crippen molar-refractivity contribution in [2.75, 3.05) is 0 Å². The van der Waals surface area contributed by atoms with Crippen LogP contribution in [-0.2, 0) is 10.2 Å². The molecule has 0 spiro atoms. The van der Waals surface area contributed by atoms with E-state index >= 15 is 0 Å². The van der Waals surface area contributed by atoms with Crippen LogP contribution in [0.15, 0.2) is 4.52 Å². The fourth-order valence-corrected chi connectivity index (χ4v) is 1.15. The Balaban J connectivity index is 2.36. The van der Waals surface area contributed by atoms with Gasteiger partial charge in [0, 0.05) is 6.92 Å². The summed E-state index contributed by atoms with van der Waals surface area (Å²) >= 11 is 0. The number of carbonyl (C=O) groups is 1. The van der Waals surface area contributed by atoms with E-state index in [1.165, 1.54) is 0 Å². The van der Waals surface area contributed by atoms with E-state index in [0.717, 1.165) is 0 Å². The molecule has 5 nitrogen and oxygen atoms in total. The van der Waals surface area contributed by atoms with Crippen molar-refractivity contribution in [3.63, 3.8) is 0 Å². The summed E-state index contributed by atoms with van der Waals surface area (Å²) in [7, 11) is 0. The monoisotopic (exact) mass is 168 g/mol. The van der Waals surface area contributed by atoms with Crippen LogP contribution in [0.25, 0.3) is 0 Å². The molecule has 0 aliphatic heterocycles. The lowest BCUT2D eigenvalue weighted by molar-refractivity contribution is -0.140. The minimum atomic E-state index is -0.858. The molecule has 0 bridgehead atoms. The van der Waals surface area contributed by atoms with E-state index in [2.05, 4.69) is 10.1 Å². The Bertz CT molecular complexity index is 327. The zero-order chi connectivity index (χ0) is 8.77. The lowest BCUT2D eigenvalue weighted by Crippen LogP contribution is -2.20. The van der Waals surface area contributed by atoms with Crippen LogP contribution in [0.2, 0.25) is 0 Å². The summed E-state index contributed by atoms with van der Waals surface area (Å²) in [5, 5.41) is 12.4. The number of carboxylic acid groups (broad SMARTS) is 1. The molecule has 1 aromatic rings. The average Bonchev–Trinajstić information content (AvgIpc) is 2.71. The highest BCUT2D eigenvalue weighted by molar-refractivity contribution is 5.83. The molecule has 64 valence electrons. The largest absolute Gasteiger partial charge is 0.480 e. The van der Waals surface area contributed by atoms with Crippen molar-refractivity contribution in [2.45, 2.75) is 25.2 Å². The molecule has 0 amide bonds. The van der Waals surface area contributed by atoms with Gasteiger partial charge in [0.2, 0.25) is 5.89 Å². The predicted molar refractivity (Wildman–Crippen MR) is 37.6 cm³/mol. The van der Waals surface area contributed by atoms with Gasteiger partial charge in [-0.3, -0.25) is 4.79 Å². The molecule has 5 heteroatoms. The Kier molecular flexibility index (Phi) is 1.25. The third-order valence-electron chi connectivity index (χ3n) is 2.11. The molecular formula is C7H8N2O3. The summed E-state index contributed by atoms with van der Waals surface area (Å²) in [5.41, 5.74) is -0.836. The highest BCUT2D eigenvalue weighted by Crippen LogP contribution is 2.46. The number of nitrogens with zero attached hydrogens (tertiary/aromatic N) is 2. The minimum absolute atomic E-state index is 0.313. The first kappa shape index (κ1) is 7.27. The third-order valence-corrected chi connectivity index (χ3v) is 2.11. The first-order valence-electron chi connectivity index (χ1n) is 3.69. The molecule has 0 aromatic carbocycles. The molecule has 1 saturated carbocycles. The zero-order valence-electron chi connectivity index (χ0n) is 6.57. The van der Waals surface area contributed by atoms with Crippen molar-refractivity contribution < 1.29 is 14.4 Å². The quantitative estimate of drug-likeness (QED) is 0.695. The fourth-order valence-electron chi connectivity index (χ4n) is 1.15. The minimum Gasteiger partial charge on any atom is -0.480 e. The van der Waals surface area contributed by atoms with E-state index in [0.29, 0.717) is 24.6 Å². The molecule has 1 heterocycles. The second-order valence-corrected chi connectivity index (χ2v) is 3.02. The Morgan fingerprint density at radius 2 is 2.33 bits per heavy atom. The van der Waals surface area contributed by atoms with Gasteiger partial charge in [0.05, 0.1) is 0 Å². The molecule has 1 aromatic heterocycles. The van der Waals surface area contributed by atoms with E-state index in [1.54, 1.807) is 6.92 Å². The summed E-state index contributed by atoms with van der Waals surface area (Å²) in [6.45, 7) is 1.65. The van der Waals surface area contributed by atoms with Gasteiger partial charge in [0.1, 0.15) is 5.41 Å². The highest BCUT2D eigenvalue weighted by Gasteiger charge is 2.55. The van der Waals surface area contributed by atoms with Gasteiger partial charge in [-0.15, -0.1) is 0 Å². The van der Waals surface area contributed by atoms with E-state index < -0.39 is 11.4 Å². The number of aliphatic carboxylic acids is 1. The van der Waals surface area contributed by atoms with Crippen LogP contribution in [0.3, 0.4) is 0 Å². The van der Waals surface area contributed by atoms with E-state index in [9.17, 15) is 4.79 Å². The number of aromatic nitrogens is 2. The fraction of sp³-hybridized carbons (Fsp3) is 0.571. The molecule has 0 radical (unpaired) electrons. The number of carboxylic acids is 1. The van der Waals surface area contributed by atoms with Gasteiger partial charge in [-0.1, -0.05) is 5.16 Å². The average molecular weight is 168 g/mol. The molecule has 1 aliphatic rings. The van der Waals surface area contributed by atoms with E-state index in [-0.39, 0.29) is 0 Å². The number of aryl methyl sites for hydroxylation is 1. The molecule has 2 rings (SSSR count). The lowest BCUT2D eigenvalue weighted by Gasteiger charge is -2.00. The van der Waals surface area contributed by atoms with Gasteiger partial charge in [-0.2, -0.15) is 4.98 Å². The Morgan fingerprint density at radius 3 is 2.67 bits per heavy atom. The lowest BCUT2D eigenvalue weighted by atomic mass is 10.1. The predicted octanol–water partition coefficient (Wildman–Crippen LogP) is 0.494. The van der Waals surface area contributed by atoms with Crippen LogP contribution in [0.5, 0.6) is 0 Å². The van der Waals surface area contributed by atoms with Crippen molar-refractivity contribution in [1.82, 2.24) is 10.1 Å². The Hall–Kier alpha value is -1.39. The summed E-state index contributed by atoms with van der Waals surface area (Å²) in [6.07, 6.45) is 1.22. The zero-order valence-corrected chi connectivity index (χ0v) is 6.57. The molecule has 1 aliphatic carbocycles. The summed E-state index contributed by atoms with van der Waals surface area (Å²) in [5.74, 6) is -0.131. The topological polar surface area (TPSA) is 76.2 Å². The van der Waals surface area contributed by atoms with Crippen molar-refractivity contribution in [1.29, 1.82) is 0 Å². The van der Waals surface area contributed by atoms with Gasteiger partial charge in [-0.25, -0.2) is 0 Å². The molecule has 0 saturated heterocycles. The van der Waals surface area contributed by atoms with Crippen molar-refractivity contribution in [3.05, 3.63) is 11.7 Å². The van der Waals surface area contributed by atoms with Crippen molar-refractivity contribution >= 4 is 5.97 Å². The summed E-state index contributed by atoms with van der Waals surface area (Å²) in [4.78, 5) is 14.7. The number of rotatable bonds is 2. The van der Waals surface area contributed by atoms with Crippen LogP contribution >= 0.6 is 0 Å². The van der Waals surface area contributed by atoms with Gasteiger partial charge < -0.3 is 9.63 Å². The standard InChI is InChI=1S/C7H8N2O3/c1-4-8-5(9-12-4)7(2-3-7)6(10)11/h2-3H2,1H3,(H,10,11). The maximum Gasteiger partial charge on any atom is 0.317 e. The van der Waals surface area contributed by atoms with Gasteiger partial charge in [0.15, 0.2) is 5.82 Å². The van der Waals surface area contributed by atoms with Crippen LogP contribution in [-0.4, -0.2) is 21.2 Å². The van der Waals surface area contributed by atoms with Gasteiger partial charge >= 0.3 is 5.97 Å². The Morgan fingerprint density at radius 1 is 1.67 bits per heavy atom.